The lowest BCUT2D eigenvalue weighted by Gasteiger charge is -2.11. The van der Waals surface area contributed by atoms with Crippen LogP contribution in [0.3, 0.4) is 0 Å². The molecule has 1 heterocycles. The van der Waals surface area contributed by atoms with Crippen molar-refractivity contribution in [2.45, 2.75) is 6.54 Å². The standard InChI is InChI=1S/C18H22N4O2/c1-4-10-20-18(19-2)22-13-14-8-9-17(21-12-14)24-16-7-5-6-15(11-16)23-3/h4-9,11-12H,1,10,13H2,2-3H3,(H2,19,20,22). The van der Waals surface area contributed by atoms with Gasteiger partial charge in [-0.05, 0) is 17.7 Å². The topological polar surface area (TPSA) is 67.8 Å². The average Bonchev–Trinajstić information content (AvgIpc) is 2.63. The largest absolute Gasteiger partial charge is 0.497 e. The molecule has 0 aliphatic carbocycles. The molecule has 2 rings (SSSR count). The van der Waals surface area contributed by atoms with Crippen molar-refractivity contribution >= 4 is 5.96 Å². The lowest BCUT2D eigenvalue weighted by molar-refractivity contribution is 0.407. The summed E-state index contributed by atoms with van der Waals surface area (Å²) in [6.07, 6.45) is 3.54. The molecule has 2 aromatic rings. The van der Waals surface area contributed by atoms with Crippen LogP contribution in [0.25, 0.3) is 0 Å². The van der Waals surface area contributed by atoms with Crippen molar-refractivity contribution in [3.8, 4) is 17.4 Å². The fraction of sp³-hybridized carbons (Fsp3) is 0.222. The molecule has 0 aliphatic rings. The summed E-state index contributed by atoms with van der Waals surface area (Å²) in [5, 5.41) is 6.31. The fourth-order valence-corrected chi connectivity index (χ4v) is 1.94. The van der Waals surface area contributed by atoms with E-state index in [9.17, 15) is 0 Å². The zero-order chi connectivity index (χ0) is 17.2. The highest BCUT2D eigenvalue weighted by atomic mass is 16.5. The number of aliphatic imine (C=N–C) groups is 1. The molecule has 6 heteroatoms. The minimum Gasteiger partial charge on any atom is -0.497 e. The van der Waals surface area contributed by atoms with Crippen LogP contribution in [0, 0.1) is 0 Å². The summed E-state index contributed by atoms with van der Waals surface area (Å²) in [6.45, 7) is 4.94. The van der Waals surface area contributed by atoms with E-state index in [2.05, 4.69) is 27.2 Å². The lowest BCUT2D eigenvalue weighted by atomic mass is 10.3. The molecule has 0 unspecified atom stereocenters. The third kappa shape index (κ3) is 5.31. The van der Waals surface area contributed by atoms with Gasteiger partial charge in [-0.15, -0.1) is 6.58 Å². The van der Waals surface area contributed by atoms with Crippen molar-refractivity contribution in [3.63, 3.8) is 0 Å². The van der Waals surface area contributed by atoms with E-state index in [1.165, 1.54) is 0 Å². The first-order valence-electron chi connectivity index (χ1n) is 7.57. The van der Waals surface area contributed by atoms with Crippen LogP contribution in [0.2, 0.25) is 0 Å². The molecule has 24 heavy (non-hydrogen) atoms. The summed E-state index contributed by atoms with van der Waals surface area (Å²) in [7, 11) is 3.35. The maximum absolute atomic E-state index is 5.72. The maximum atomic E-state index is 5.72. The van der Waals surface area contributed by atoms with Gasteiger partial charge in [-0.1, -0.05) is 18.2 Å². The number of hydrogen-bond donors (Lipinski definition) is 2. The number of guanidine groups is 1. The lowest BCUT2D eigenvalue weighted by Crippen LogP contribution is -2.36. The van der Waals surface area contributed by atoms with E-state index in [4.69, 9.17) is 9.47 Å². The molecular formula is C18H22N4O2. The third-order valence-corrected chi connectivity index (χ3v) is 3.16. The van der Waals surface area contributed by atoms with Crippen LogP contribution in [0.4, 0.5) is 0 Å². The number of benzene rings is 1. The molecule has 0 saturated heterocycles. The van der Waals surface area contributed by atoms with Crippen LogP contribution in [0.1, 0.15) is 5.56 Å². The second-order valence-corrected chi connectivity index (χ2v) is 4.88. The predicted octanol–water partition coefficient (Wildman–Crippen LogP) is 2.73. The highest BCUT2D eigenvalue weighted by molar-refractivity contribution is 5.79. The molecular weight excluding hydrogens is 304 g/mol. The van der Waals surface area contributed by atoms with Gasteiger partial charge in [-0.3, -0.25) is 4.99 Å². The van der Waals surface area contributed by atoms with Gasteiger partial charge in [0.2, 0.25) is 5.88 Å². The molecule has 6 nitrogen and oxygen atoms in total. The molecule has 126 valence electrons. The number of methoxy groups -OCH3 is 1. The van der Waals surface area contributed by atoms with Crippen molar-refractivity contribution in [2.24, 2.45) is 4.99 Å². The second-order valence-electron chi connectivity index (χ2n) is 4.88. The Bertz CT molecular complexity index is 684. The summed E-state index contributed by atoms with van der Waals surface area (Å²) in [5.74, 6) is 2.67. The molecule has 1 aromatic carbocycles. The Morgan fingerprint density at radius 1 is 1.25 bits per heavy atom. The number of aromatic nitrogens is 1. The van der Waals surface area contributed by atoms with E-state index in [1.807, 2.05) is 36.4 Å². The number of ether oxygens (including phenoxy) is 2. The molecule has 0 atom stereocenters. The number of rotatable bonds is 7. The van der Waals surface area contributed by atoms with E-state index in [0.717, 1.165) is 11.3 Å². The van der Waals surface area contributed by atoms with Crippen molar-refractivity contribution in [2.75, 3.05) is 20.7 Å². The monoisotopic (exact) mass is 326 g/mol. The highest BCUT2D eigenvalue weighted by Gasteiger charge is 2.02. The Morgan fingerprint density at radius 3 is 2.75 bits per heavy atom. The van der Waals surface area contributed by atoms with Gasteiger partial charge in [0.25, 0.3) is 0 Å². The van der Waals surface area contributed by atoms with E-state index in [1.54, 1.807) is 26.4 Å². The molecule has 0 fully saturated rings. The van der Waals surface area contributed by atoms with E-state index < -0.39 is 0 Å². The minimum atomic E-state index is 0.529. The summed E-state index contributed by atoms with van der Waals surface area (Å²) < 4.78 is 10.9. The molecule has 0 bridgehead atoms. The Kier molecular flexibility index (Phi) is 6.64. The van der Waals surface area contributed by atoms with Gasteiger partial charge in [0.15, 0.2) is 5.96 Å². The molecule has 0 radical (unpaired) electrons. The smallest absolute Gasteiger partial charge is 0.219 e. The summed E-state index contributed by atoms with van der Waals surface area (Å²) in [4.78, 5) is 8.44. The van der Waals surface area contributed by atoms with Gasteiger partial charge in [0.1, 0.15) is 11.5 Å². The van der Waals surface area contributed by atoms with Gasteiger partial charge in [0.05, 0.1) is 7.11 Å². The first kappa shape index (κ1) is 17.3. The average molecular weight is 326 g/mol. The predicted molar refractivity (Wildman–Crippen MR) is 95.7 cm³/mol. The van der Waals surface area contributed by atoms with Crippen LogP contribution >= 0.6 is 0 Å². The summed E-state index contributed by atoms with van der Waals surface area (Å²) in [6, 6.07) is 11.2. The van der Waals surface area contributed by atoms with Crippen LogP contribution in [-0.4, -0.2) is 31.6 Å². The van der Waals surface area contributed by atoms with Crippen LogP contribution < -0.4 is 20.1 Å². The zero-order valence-electron chi connectivity index (χ0n) is 14.0. The zero-order valence-corrected chi connectivity index (χ0v) is 14.0. The Hall–Kier alpha value is -3.02. The molecule has 1 aromatic heterocycles. The van der Waals surface area contributed by atoms with E-state index in [-0.39, 0.29) is 0 Å². The van der Waals surface area contributed by atoms with E-state index in [0.29, 0.717) is 30.7 Å². The molecule has 0 saturated carbocycles. The molecule has 2 N–H and O–H groups in total. The Morgan fingerprint density at radius 2 is 2.08 bits per heavy atom. The molecule has 0 amide bonds. The van der Waals surface area contributed by atoms with Gasteiger partial charge in [-0.25, -0.2) is 4.98 Å². The number of nitrogens with zero attached hydrogens (tertiary/aromatic N) is 2. The molecule has 0 aliphatic heterocycles. The van der Waals surface area contributed by atoms with Crippen LogP contribution in [0.15, 0.2) is 60.2 Å². The highest BCUT2D eigenvalue weighted by Crippen LogP contribution is 2.23. The van der Waals surface area contributed by atoms with Gasteiger partial charge >= 0.3 is 0 Å². The van der Waals surface area contributed by atoms with E-state index >= 15 is 0 Å². The second kappa shape index (κ2) is 9.19. The normalized spacial score (nSPS) is 10.8. The van der Waals surface area contributed by atoms with Gasteiger partial charge in [-0.2, -0.15) is 0 Å². The summed E-state index contributed by atoms with van der Waals surface area (Å²) >= 11 is 0. The van der Waals surface area contributed by atoms with Crippen molar-refractivity contribution in [1.82, 2.24) is 15.6 Å². The molecule has 0 spiro atoms. The Balaban J connectivity index is 1.91. The number of hydrogen-bond acceptors (Lipinski definition) is 4. The number of pyridine rings is 1. The minimum absolute atomic E-state index is 0.529. The van der Waals surface area contributed by atoms with Crippen LogP contribution in [0.5, 0.6) is 17.4 Å². The first-order chi connectivity index (χ1) is 11.7. The first-order valence-corrected chi connectivity index (χ1v) is 7.57. The number of nitrogens with one attached hydrogen (secondary N) is 2. The third-order valence-electron chi connectivity index (χ3n) is 3.16. The maximum Gasteiger partial charge on any atom is 0.219 e. The summed E-state index contributed by atoms with van der Waals surface area (Å²) in [5.41, 5.74) is 1.02. The van der Waals surface area contributed by atoms with Gasteiger partial charge in [0, 0.05) is 38.5 Å². The van der Waals surface area contributed by atoms with Crippen molar-refractivity contribution in [1.29, 1.82) is 0 Å². The quantitative estimate of drug-likeness (QED) is 0.465. The van der Waals surface area contributed by atoms with Crippen LogP contribution in [-0.2, 0) is 6.54 Å². The SMILES string of the molecule is C=CCNC(=NC)NCc1ccc(Oc2cccc(OC)c2)nc1. The van der Waals surface area contributed by atoms with Crippen molar-refractivity contribution in [3.05, 3.63) is 60.8 Å². The fourth-order valence-electron chi connectivity index (χ4n) is 1.94. The van der Waals surface area contributed by atoms with Crippen molar-refractivity contribution < 1.29 is 9.47 Å². The van der Waals surface area contributed by atoms with Gasteiger partial charge < -0.3 is 20.1 Å². The Labute approximate surface area is 142 Å².